The van der Waals surface area contributed by atoms with E-state index in [1.807, 2.05) is 0 Å². The number of pyridine rings is 1. The molecule has 1 aliphatic rings. The van der Waals surface area contributed by atoms with Gasteiger partial charge in [-0.3, -0.25) is 9.59 Å². The molecule has 0 aliphatic carbocycles. The fourth-order valence-electron chi connectivity index (χ4n) is 2.60. The van der Waals surface area contributed by atoms with Gasteiger partial charge in [-0.25, -0.2) is 0 Å². The number of methoxy groups -OCH3 is 1. The van der Waals surface area contributed by atoms with E-state index in [4.69, 9.17) is 9.47 Å². The van der Waals surface area contributed by atoms with E-state index in [0.29, 0.717) is 23.2 Å². The van der Waals surface area contributed by atoms with Gasteiger partial charge in [-0.2, -0.15) is 0 Å². The van der Waals surface area contributed by atoms with Gasteiger partial charge in [0.15, 0.2) is 0 Å². The molecule has 6 nitrogen and oxygen atoms in total. The first-order valence-corrected chi connectivity index (χ1v) is 7.28. The van der Waals surface area contributed by atoms with Gasteiger partial charge in [-0.15, -0.1) is 0 Å². The highest BCUT2D eigenvalue weighted by Crippen LogP contribution is 2.16. The highest BCUT2D eigenvalue weighted by Gasteiger charge is 2.18. The van der Waals surface area contributed by atoms with Gasteiger partial charge < -0.3 is 19.8 Å². The second-order valence-corrected chi connectivity index (χ2v) is 5.29. The van der Waals surface area contributed by atoms with Crippen molar-refractivity contribution in [3.05, 3.63) is 40.2 Å². The smallest absolute Gasteiger partial charge is 0.256 e. The van der Waals surface area contributed by atoms with Crippen LogP contribution in [-0.4, -0.2) is 37.3 Å². The lowest BCUT2D eigenvalue weighted by Crippen LogP contribution is -2.34. The molecule has 1 aromatic carbocycles. The molecule has 2 aromatic rings. The standard InChI is InChI=1S/C16H18N2O4/c1-21-10-4-5-14-12(7-10)15(19)13(9-17-14)16(20)18-8-11-3-2-6-22-11/h4-5,7,9,11H,2-3,6,8H2,1H3,(H,17,19)(H,18,20)/t11-/m0/s1. The predicted molar refractivity (Wildman–Crippen MR) is 82.4 cm³/mol. The number of hydrogen-bond donors (Lipinski definition) is 2. The first kappa shape index (κ1) is 14.6. The maximum atomic E-state index is 12.5. The monoisotopic (exact) mass is 302 g/mol. The summed E-state index contributed by atoms with van der Waals surface area (Å²) >= 11 is 0. The minimum atomic E-state index is -0.388. The molecule has 1 amide bonds. The number of amides is 1. The van der Waals surface area contributed by atoms with E-state index in [-0.39, 0.29) is 23.0 Å². The topological polar surface area (TPSA) is 80.4 Å². The zero-order valence-electron chi connectivity index (χ0n) is 12.3. The van der Waals surface area contributed by atoms with Crippen LogP contribution in [0.15, 0.2) is 29.2 Å². The highest BCUT2D eigenvalue weighted by molar-refractivity contribution is 5.97. The van der Waals surface area contributed by atoms with Crippen LogP contribution in [0.4, 0.5) is 0 Å². The molecule has 0 saturated carbocycles. The van der Waals surface area contributed by atoms with Gasteiger partial charge >= 0.3 is 0 Å². The number of aromatic amines is 1. The normalized spacial score (nSPS) is 17.6. The molecule has 3 rings (SSSR count). The molecule has 1 saturated heterocycles. The summed E-state index contributed by atoms with van der Waals surface area (Å²) in [4.78, 5) is 27.6. The Morgan fingerprint density at radius 1 is 1.50 bits per heavy atom. The van der Waals surface area contributed by atoms with E-state index in [2.05, 4.69) is 10.3 Å². The van der Waals surface area contributed by atoms with Crippen LogP contribution in [0.3, 0.4) is 0 Å². The van der Waals surface area contributed by atoms with Gasteiger partial charge in [-0.1, -0.05) is 0 Å². The maximum Gasteiger partial charge on any atom is 0.256 e. The van der Waals surface area contributed by atoms with E-state index in [1.54, 1.807) is 18.2 Å². The number of aromatic nitrogens is 1. The van der Waals surface area contributed by atoms with E-state index >= 15 is 0 Å². The predicted octanol–water partition coefficient (Wildman–Crippen LogP) is 1.45. The van der Waals surface area contributed by atoms with Crippen molar-refractivity contribution in [1.29, 1.82) is 0 Å². The number of rotatable bonds is 4. The van der Waals surface area contributed by atoms with Gasteiger partial charge in [0.25, 0.3) is 5.91 Å². The first-order chi connectivity index (χ1) is 10.7. The molecule has 6 heteroatoms. The Hall–Kier alpha value is -2.34. The Labute approximate surface area is 127 Å². The second-order valence-electron chi connectivity index (χ2n) is 5.29. The van der Waals surface area contributed by atoms with Gasteiger partial charge in [0.2, 0.25) is 5.43 Å². The molecule has 1 aromatic heterocycles. The summed E-state index contributed by atoms with van der Waals surface area (Å²) in [7, 11) is 1.54. The van der Waals surface area contributed by atoms with Crippen LogP contribution < -0.4 is 15.5 Å². The first-order valence-electron chi connectivity index (χ1n) is 7.28. The number of H-pyrrole nitrogens is 1. The molecular formula is C16H18N2O4. The Bertz CT molecular complexity index is 747. The fraction of sp³-hybridized carbons (Fsp3) is 0.375. The Kier molecular flexibility index (Phi) is 4.11. The molecule has 2 heterocycles. The molecule has 1 fully saturated rings. The number of carbonyl (C=O) groups excluding carboxylic acids is 1. The summed E-state index contributed by atoms with van der Waals surface area (Å²) in [6.07, 6.45) is 3.44. The molecule has 1 aliphatic heterocycles. The van der Waals surface area contributed by atoms with E-state index in [0.717, 1.165) is 19.4 Å². The average molecular weight is 302 g/mol. The largest absolute Gasteiger partial charge is 0.497 e. The number of fused-ring (bicyclic) bond motifs is 1. The third kappa shape index (κ3) is 2.82. The van der Waals surface area contributed by atoms with Crippen LogP contribution in [-0.2, 0) is 4.74 Å². The molecule has 0 bridgehead atoms. The minimum absolute atomic E-state index is 0.0450. The molecule has 22 heavy (non-hydrogen) atoms. The van der Waals surface area contributed by atoms with Crippen LogP contribution in [0.1, 0.15) is 23.2 Å². The van der Waals surface area contributed by atoms with Crippen molar-refractivity contribution in [2.24, 2.45) is 0 Å². The van der Waals surface area contributed by atoms with E-state index in [9.17, 15) is 9.59 Å². The summed E-state index contributed by atoms with van der Waals surface area (Å²) in [5.74, 6) is 0.191. The maximum absolute atomic E-state index is 12.5. The van der Waals surface area contributed by atoms with Crippen LogP contribution in [0, 0.1) is 0 Å². The lowest BCUT2D eigenvalue weighted by molar-refractivity contribution is 0.0857. The number of nitrogens with one attached hydrogen (secondary N) is 2. The van der Waals surface area contributed by atoms with Crippen LogP contribution in [0.25, 0.3) is 10.9 Å². The third-order valence-electron chi connectivity index (χ3n) is 3.85. The summed E-state index contributed by atoms with van der Waals surface area (Å²) in [5.41, 5.74) is 0.456. The summed E-state index contributed by atoms with van der Waals surface area (Å²) in [6.45, 7) is 1.16. The molecule has 2 N–H and O–H groups in total. The van der Waals surface area contributed by atoms with Crippen molar-refractivity contribution in [3.8, 4) is 5.75 Å². The Morgan fingerprint density at radius 2 is 2.36 bits per heavy atom. The zero-order valence-corrected chi connectivity index (χ0v) is 12.3. The van der Waals surface area contributed by atoms with Gasteiger partial charge in [0, 0.05) is 30.3 Å². The fourth-order valence-corrected chi connectivity index (χ4v) is 2.60. The third-order valence-corrected chi connectivity index (χ3v) is 3.85. The number of hydrogen-bond acceptors (Lipinski definition) is 4. The number of carbonyl (C=O) groups is 1. The van der Waals surface area contributed by atoms with Gasteiger partial charge in [0.05, 0.1) is 13.2 Å². The molecule has 0 spiro atoms. The van der Waals surface area contributed by atoms with Crippen molar-refractivity contribution in [2.45, 2.75) is 18.9 Å². The van der Waals surface area contributed by atoms with Crippen LogP contribution in [0.5, 0.6) is 5.75 Å². The zero-order chi connectivity index (χ0) is 15.5. The van der Waals surface area contributed by atoms with Crippen molar-refractivity contribution in [1.82, 2.24) is 10.3 Å². The van der Waals surface area contributed by atoms with Gasteiger partial charge in [0.1, 0.15) is 11.3 Å². The Morgan fingerprint density at radius 3 is 3.09 bits per heavy atom. The molecule has 0 unspecified atom stereocenters. The number of benzene rings is 1. The van der Waals surface area contributed by atoms with Gasteiger partial charge in [-0.05, 0) is 31.0 Å². The summed E-state index contributed by atoms with van der Waals surface area (Å²) in [6, 6.07) is 5.14. The lowest BCUT2D eigenvalue weighted by atomic mass is 10.1. The Balaban J connectivity index is 1.84. The van der Waals surface area contributed by atoms with Crippen LogP contribution >= 0.6 is 0 Å². The summed E-state index contributed by atoms with van der Waals surface area (Å²) in [5, 5.41) is 3.19. The molecule has 116 valence electrons. The van der Waals surface area contributed by atoms with E-state index < -0.39 is 0 Å². The quantitative estimate of drug-likeness (QED) is 0.895. The molecule has 0 radical (unpaired) electrons. The van der Waals surface area contributed by atoms with Crippen molar-refractivity contribution in [3.63, 3.8) is 0 Å². The lowest BCUT2D eigenvalue weighted by Gasteiger charge is -2.11. The minimum Gasteiger partial charge on any atom is -0.497 e. The highest BCUT2D eigenvalue weighted by atomic mass is 16.5. The van der Waals surface area contributed by atoms with E-state index in [1.165, 1.54) is 13.3 Å². The average Bonchev–Trinajstić information content (AvgIpc) is 3.06. The van der Waals surface area contributed by atoms with Crippen molar-refractivity contribution >= 4 is 16.8 Å². The number of ether oxygens (including phenoxy) is 2. The SMILES string of the molecule is COc1ccc2[nH]cc(C(=O)NC[C@@H]3CCCO3)c(=O)c2c1. The van der Waals surface area contributed by atoms with Crippen molar-refractivity contribution in [2.75, 3.05) is 20.3 Å². The molecular weight excluding hydrogens is 284 g/mol. The molecule has 1 atom stereocenters. The summed E-state index contributed by atoms with van der Waals surface area (Å²) < 4.78 is 10.6. The second kappa shape index (κ2) is 6.19. The van der Waals surface area contributed by atoms with Crippen molar-refractivity contribution < 1.29 is 14.3 Å². The van der Waals surface area contributed by atoms with Crippen LogP contribution in [0.2, 0.25) is 0 Å².